The number of hydrogen-bond acceptors (Lipinski definition) is 3. The Morgan fingerprint density at radius 1 is 1.24 bits per heavy atom. The van der Waals surface area contributed by atoms with E-state index in [9.17, 15) is 4.79 Å². The molecule has 1 aromatic rings. The first-order chi connectivity index (χ1) is 8.06. The summed E-state index contributed by atoms with van der Waals surface area (Å²) in [7, 11) is 0. The van der Waals surface area contributed by atoms with Crippen LogP contribution >= 0.6 is 34.8 Å². The number of rotatable bonds is 0. The van der Waals surface area contributed by atoms with Crippen LogP contribution in [0.3, 0.4) is 0 Å². The van der Waals surface area contributed by atoms with Crippen LogP contribution in [0.4, 0.5) is 5.69 Å². The monoisotopic (exact) mass is 289 g/mol. The first-order valence-corrected chi connectivity index (χ1v) is 5.99. The van der Waals surface area contributed by atoms with Crippen LogP contribution in [0.15, 0.2) is 11.1 Å². The zero-order valence-electron chi connectivity index (χ0n) is 8.43. The number of nitrogens with zero attached hydrogens (tertiary/aromatic N) is 2. The fourth-order valence-electron chi connectivity index (χ4n) is 1.90. The summed E-state index contributed by atoms with van der Waals surface area (Å²) in [5.74, 6) is 0.460. The zero-order chi connectivity index (χ0) is 12.2. The average Bonchev–Trinajstić information content (AvgIpc) is 2.63. The van der Waals surface area contributed by atoms with Crippen LogP contribution in [0.5, 0.6) is 0 Å². The summed E-state index contributed by atoms with van der Waals surface area (Å²) in [6.45, 7) is 0.789. The Bertz CT molecular complexity index is 570. The lowest BCUT2D eigenvalue weighted by molar-refractivity contribution is -0.118. The molecule has 3 rings (SSSR count). The molecule has 1 amide bonds. The van der Waals surface area contributed by atoms with Gasteiger partial charge in [0.15, 0.2) is 0 Å². The number of fused-ring (bicyclic) bond motifs is 2. The van der Waals surface area contributed by atoms with Gasteiger partial charge < -0.3 is 4.90 Å². The average molecular weight is 291 g/mol. The Hall–Kier alpha value is -0.970. The van der Waals surface area contributed by atoms with Crippen LogP contribution in [-0.4, -0.2) is 23.3 Å². The number of nitrogens with one attached hydrogen (secondary N) is 1. The molecule has 0 aromatic heterocycles. The second-order valence-electron chi connectivity index (χ2n) is 3.82. The predicted molar refractivity (Wildman–Crippen MR) is 67.1 cm³/mol. The number of carbonyl (C=O) groups is 1. The maximum Gasteiger partial charge on any atom is 0.246 e. The molecule has 1 N–H and O–H groups in total. The maximum atomic E-state index is 11.3. The Morgan fingerprint density at radius 3 is 2.76 bits per heavy atom. The molecule has 0 spiro atoms. The van der Waals surface area contributed by atoms with E-state index in [0.29, 0.717) is 33.3 Å². The lowest BCUT2D eigenvalue weighted by Gasteiger charge is -2.24. The largest absolute Gasteiger partial charge is 0.329 e. The fourth-order valence-corrected chi connectivity index (χ4v) is 2.57. The van der Waals surface area contributed by atoms with E-state index in [4.69, 9.17) is 34.8 Å². The molecule has 17 heavy (non-hydrogen) atoms. The summed E-state index contributed by atoms with van der Waals surface area (Å²) < 4.78 is 0. The van der Waals surface area contributed by atoms with E-state index in [-0.39, 0.29) is 12.5 Å². The van der Waals surface area contributed by atoms with Gasteiger partial charge in [-0.25, -0.2) is 4.99 Å². The summed E-state index contributed by atoms with van der Waals surface area (Å²) in [6, 6.07) is 1.65. The van der Waals surface area contributed by atoms with Gasteiger partial charge in [-0.1, -0.05) is 34.8 Å². The molecular weight excluding hydrogens is 284 g/mol. The molecule has 2 aliphatic rings. The molecule has 1 fully saturated rings. The van der Waals surface area contributed by atoms with E-state index < -0.39 is 0 Å². The zero-order valence-corrected chi connectivity index (χ0v) is 10.7. The van der Waals surface area contributed by atoms with Gasteiger partial charge in [0.1, 0.15) is 6.54 Å². The van der Waals surface area contributed by atoms with Crippen molar-refractivity contribution in [2.75, 3.05) is 6.54 Å². The van der Waals surface area contributed by atoms with Gasteiger partial charge in [-0.05, 0) is 6.07 Å². The van der Waals surface area contributed by atoms with Crippen molar-refractivity contribution in [1.82, 2.24) is 10.2 Å². The minimum Gasteiger partial charge on any atom is -0.329 e. The van der Waals surface area contributed by atoms with Crippen molar-refractivity contribution < 1.29 is 4.79 Å². The topological polar surface area (TPSA) is 44.7 Å². The Balaban J connectivity index is 2.15. The van der Waals surface area contributed by atoms with Gasteiger partial charge in [0.25, 0.3) is 0 Å². The van der Waals surface area contributed by atoms with Gasteiger partial charge in [-0.15, -0.1) is 0 Å². The highest BCUT2D eigenvalue weighted by molar-refractivity contribution is 6.48. The minimum absolute atomic E-state index is 0.0788. The Labute approximate surface area is 112 Å². The Morgan fingerprint density at radius 2 is 2.00 bits per heavy atom. The van der Waals surface area contributed by atoms with Crippen LogP contribution in [0.1, 0.15) is 5.56 Å². The van der Waals surface area contributed by atoms with E-state index in [0.717, 1.165) is 5.56 Å². The van der Waals surface area contributed by atoms with Gasteiger partial charge in [0.05, 0.1) is 27.3 Å². The number of carbonyl (C=O) groups excluding carboxylic acids is 1. The summed E-state index contributed by atoms with van der Waals surface area (Å²) >= 11 is 18.0. The molecule has 2 aliphatic heterocycles. The Kier molecular flexibility index (Phi) is 2.47. The molecule has 1 saturated heterocycles. The third-order valence-corrected chi connectivity index (χ3v) is 4.00. The normalized spacial score (nSPS) is 17.5. The molecule has 4 nitrogen and oxygen atoms in total. The lowest BCUT2D eigenvalue weighted by atomic mass is 10.1. The molecule has 88 valence electrons. The first kappa shape index (κ1) is 11.1. The SMILES string of the molecule is O=C1CN2Cc3c(cc(Cl)c(Cl)c3Cl)N=C2N1. The van der Waals surface area contributed by atoms with Gasteiger partial charge in [0, 0.05) is 5.56 Å². The molecule has 0 saturated carbocycles. The van der Waals surface area contributed by atoms with E-state index in [1.54, 1.807) is 11.0 Å². The number of benzene rings is 1. The van der Waals surface area contributed by atoms with Crippen molar-refractivity contribution in [3.63, 3.8) is 0 Å². The van der Waals surface area contributed by atoms with Crippen LogP contribution in [0.2, 0.25) is 15.1 Å². The van der Waals surface area contributed by atoms with Gasteiger partial charge >= 0.3 is 0 Å². The highest BCUT2D eigenvalue weighted by atomic mass is 35.5. The number of aliphatic imine (C=N–C) groups is 1. The molecular formula is C10H6Cl3N3O. The molecule has 0 aliphatic carbocycles. The summed E-state index contributed by atoms with van der Waals surface area (Å²) in [5, 5.41) is 3.75. The highest BCUT2D eigenvalue weighted by Gasteiger charge is 2.31. The second kappa shape index (κ2) is 3.77. The molecule has 1 aromatic carbocycles. The molecule has 7 heteroatoms. The van der Waals surface area contributed by atoms with Crippen molar-refractivity contribution in [3.05, 3.63) is 26.7 Å². The first-order valence-electron chi connectivity index (χ1n) is 4.86. The summed E-state index contributed by atoms with van der Waals surface area (Å²) in [4.78, 5) is 17.4. The molecule has 2 heterocycles. The number of guanidine groups is 1. The maximum absolute atomic E-state index is 11.3. The van der Waals surface area contributed by atoms with Gasteiger partial charge in [0.2, 0.25) is 11.9 Å². The third kappa shape index (κ3) is 1.68. The lowest BCUT2D eigenvalue weighted by Crippen LogP contribution is -2.32. The molecule has 0 unspecified atom stereocenters. The second-order valence-corrected chi connectivity index (χ2v) is 4.99. The smallest absolute Gasteiger partial charge is 0.246 e. The van der Waals surface area contributed by atoms with Crippen molar-refractivity contribution in [2.24, 2.45) is 4.99 Å². The highest BCUT2D eigenvalue weighted by Crippen LogP contribution is 2.41. The quantitative estimate of drug-likeness (QED) is 0.746. The van der Waals surface area contributed by atoms with E-state index in [1.165, 1.54) is 0 Å². The van der Waals surface area contributed by atoms with Crippen molar-refractivity contribution in [1.29, 1.82) is 0 Å². The molecule has 0 bridgehead atoms. The van der Waals surface area contributed by atoms with Crippen molar-refractivity contribution >= 4 is 52.4 Å². The van der Waals surface area contributed by atoms with Crippen LogP contribution in [0.25, 0.3) is 0 Å². The number of amides is 1. The van der Waals surface area contributed by atoms with E-state index in [2.05, 4.69) is 10.3 Å². The molecule has 0 radical (unpaired) electrons. The minimum atomic E-state index is -0.0788. The van der Waals surface area contributed by atoms with Crippen molar-refractivity contribution in [3.8, 4) is 0 Å². The molecule has 0 atom stereocenters. The van der Waals surface area contributed by atoms with Gasteiger partial charge in [-0.3, -0.25) is 10.1 Å². The van der Waals surface area contributed by atoms with Crippen LogP contribution in [0, 0.1) is 0 Å². The fraction of sp³-hybridized carbons (Fsp3) is 0.200. The van der Waals surface area contributed by atoms with Crippen LogP contribution in [-0.2, 0) is 11.3 Å². The van der Waals surface area contributed by atoms with E-state index >= 15 is 0 Å². The number of hydrogen-bond donors (Lipinski definition) is 1. The standard InChI is InChI=1S/C10H6Cl3N3O/c11-5-1-6-4(8(12)9(5)13)2-16-3-7(17)15-10(16)14-6/h1H,2-3H2,(H,14,15,17). The number of halogens is 3. The summed E-state index contributed by atoms with van der Waals surface area (Å²) in [5.41, 5.74) is 1.44. The predicted octanol–water partition coefficient (Wildman–Crippen LogP) is 2.58. The van der Waals surface area contributed by atoms with Gasteiger partial charge in [-0.2, -0.15) is 0 Å². The van der Waals surface area contributed by atoms with E-state index in [1.807, 2.05) is 0 Å². The summed E-state index contributed by atoms with van der Waals surface area (Å²) in [6.07, 6.45) is 0. The van der Waals surface area contributed by atoms with Crippen LogP contribution < -0.4 is 5.32 Å². The van der Waals surface area contributed by atoms with Crippen molar-refractivity contribution in [2.45, 2.75) is 6.54 Å². The third-order valence-electron chi connectivity index (χ3n) is 2.70.